The van der Waals surface area contributed by atoms with Crippen LogP contribution in [0.25, 0.3) is 10.2 Å². The van der Waals surface area contributed by atoms with Gasteiger partial charge in [-0.1, -0.05) is 6.92 Å². The number of nitrogens with zero attached hydrogens (tertiary/aromatic N) is 3. The van der Waals surface area contributed by atoms with Crippen LogP contribution in [0.1, 0.15) is 30.6 Å². The lowest BCUT2D eigenvalue weighted by atomic mass is 10.1. The Morgan fingerprint density at radius 3 is 3.05 bits per heavy atom. The Kier molecular flexibility index (Phi) is 4.37. The van der Waals surface area contributed by atoms with Gasteiger partial charge in [-0.3, -0.25) is 9.67 Å². The van der Waals surface area contributed by atoms with E-state index in [9.17, 15) is 0 Å². The van der Waals surface area contributed by atoms with Crippen LogP contribution < -0.4 is 5.32 Å². The van der Waals surface area contributed by atoms with Gasteiger partial charge in [0.05, 0.1) is 32.6 Å². The number of rotatable bonds is 5. The predicted molar refractivity (Wildman–Crippen MR) is 90.7 cm³/mol. The van der Waals surface area contributed by atoms with E-state index >= 15 is 0 Å². The third kappa shape index (κ3) is 2.75. The van der Waals surface area contributed by atoms with Gasteiger partial charge in [-0.15, -0.1) is 11.3 Å². The van der Waals surface area contributed by atoms with Gasteiger partial charge >= 0.3 is 0 Å². The van der Waals surface area contributed by atoms with Crippen LogP contribution in [0.5, 0.6) is 0 Å². The quantitative estimate of drug-likeness (QED) is 0.744. The molecule has 0 saturated carbocycles. The zero-order chi connectivity index (χ0) is 14.8. The molecule has 0 bridgehead atoms. The van der Waals surface area contributed by atoms with Crippen LogP contribution in [0.15, 0.2) is 34.4 Å². The summed E-state index contributed by atoms with van der Waals surface area (Å²) in [6.07, 6.45) is 4.87. The molecule has 1 unspecified atom stereocenters. The zero-order valence-electron chi connectivity index (χ0n) is 12.0. The molecule has 1 N–H and O–H groups in total. The maximum Gasteiger partial charge on any atom is 0.0809 e. The van der Waals surface area contributed by atoms with Crippen molar-refractivity contribution in [1.82, 2.24) is 20.1 Å². The first-order valence-electron chi connectivity index (χ1n) is 6.96. The highest BCUT2D eigenvalue weighted by Gasteiger charge is 2.21. The van der Waals surface area contributed by atoms with E-state index in [0.29, 0.717) is 0 Å². The number of hydrogen-bond acceptors (Lipinski definition) is 4. The van der Waals surface area contributed by atoms with Crippen molar-refractivity contribution in [2.24, 2.45) is 0 Å². The monoisotopic (exact) mass is 364 g/mol. The molecule has 0 aliphatic rings. The molecule has 3 rings (SSSR count). The van der Waals surface area contributed by atoms with Crippen molar-refractivity contribution < 1.29 is 0 Å². The molecule has 0 aromatic carbocycles. The SMILES string of the molecule is CCCn1ncc(Br)c1C(NC)c1cnc2ccsc2c1. The first kappa shape index (κ1) is 14.7. The van der Waals surface area contributed by atoms with Crippen LogP contribution in [-0.4, -0.2) is 21.8 Å². The van der Waals surface area contributed by atoms with Crippen molar-refractivity contribution in [1.29, 1.82) is 0 Å². The molecule has 0 saturated heterocycles. The average Bonchev–Trinajstić information content (AvgIpc) is 3.09. The van der Waals surface area contributed by atoms with E-state index in [1.807, 2.05) is 19.4 Å². The van der Waals surface area contributed by atoms with E-state index in [-0.39, 0.29) is 6.04 Å². The van der Waals surface area contributed by atoms with Gasteiger partial charge in [0.2, 0.25) is 0 Å². The summed E-state index contributed by atoms with van der Waals surface area (Å²) in [7, 11) is 1.97. The summed E-state index contributed by atoms with van der Waals surface area (Å²) in [4.78, 5) is 4.55. The highest BCUT2D eigenvalue weighted by molar-refractivity contribution is 9.10. The lowest BCUT2D eigenvalue weighted by Crippen LogP contribution is -2.22. The molecule has 3 heterocycles. The Balaban J connectivity index is 2.06. The number of fused-ring (bicyclic) bond motifs is 1. The van der Waals surface area contributed by atoms with Gasteiger partial charge in [0.25, 0.3) is 0 Å². The minimum atomic E-state index is 0.0763. The molecule has 0 spiro atoms. The average molecular weight is 365 g/mol. The molecule has 110 valence electrons. The Morgan fingerprint density at radius 1 is 1.43 bits per heavy atom. The highest BCUT2D eigenvalue weighted by atomic mass is 79.9. The Morgan fingerprint density at radius 2 is 2.29 bits per heavy atom. The topological polar surface area (TPSA) is 42.7 Å². The van der Waals surface area contributed by atoms with Gasteiger partial charge < -0.3 is 5.32 Å². The van der Waals surface area contributed by atoms with Crippen molar-refractivity contribution in [3.8, 4) is 0 Å². The normalized spacial score (nSPS) is 12.9. The van der Waals surface area contributed by atoms with Crippen molar-refractivity contribution in [3.63, 3.8) is 0 Å². The number of nitrogens with one attached hydrogen (secondary N) is 1. The third-order valence-corrected chi connectivity index (χ3v) is 4.95. The third-order valence-electron chi connectivity index (χ3n) is 3.49. The standard InChI is InChI=1S/C15H17BrN4S/c1-3-5-20-15(11(16)9-19-20)14(17-2)10-7-13-12(18-8-10)4-6-21-13/h4,6-9,14,17H,3,5H2,1-2H3. The maximum absolute atomic E-state index is 4.55. The predicted octanol–water partition coefficient (Wildman–Crippen LogP) is 3.97. The van der Waals surface area contributed by atoms with Gasteiger partial charge in [-0.05, 0) is 52.5 Å². The molecule has 3 aromatic heterocycles. The molecule has 0 radical (unpaired) electrons. The van der Waals surface area contributed by atoms with Gasteiger partial charge in [0.1, 0.15) is 0 Å². The van der Waals surface area contributed by atoms with E-state index < -0.39 is 0 Å². The van der Waals surface area contributed by atoms with Crippen LogP contribution in [-0.2, 0) is 6.54 Å². The number of pyridine rings is 1. The summed E-state index contributed by atoms with van der Waals surface area (Å²) in [5.74, 6) is 0. The van der Waals surface area contributed by atoms with Crippen molar-refractivity contribution >= 4 is 37.5 Å². The Hall–Kier alpha value is -1.24. The minimum Gasteiger partial charge on any atom is -0.308 e. The fraction of sp³-hybridized carbons (Fsp3) is 0.333. The molecule has 3 aromatic rings. The fourth-order valence-electron chi connectivity index (χ4n) is 2.53. The second kappa shape index (κ2) is 6.25. The number of hydrogen-bond donors (Lipinski definition) is 1. The van der Waals surface area contributed by atoms with E-state index in [2.05, 4.69) is 60.4 Å². The molecule has 21 heavy (non-hydrogen) atoms. The van der Waals surface area contributed by atoms with Crippen molar-refractivity contribution in [3.05, 3.63) is 45.6 Å². The van der Waals surface area contributed by atoms with Crippen LogP contribution in [0, 0.1) is 0 Å². The van der Waals surface area contributed by atoms with Gasteiger partial charge in [-0.25, -0.2) is 0 Å². The molecule has 6 heteroatoms. The number of aromatic nitrogens is 3. The maximum atomic E-state index is 4.55. The molecule has 0 aliphatic carbocycles. The number of thiophene rings is 1. The van der Waals surface area contributed by atoms with Crippen LogP contribution in [0.4, 0.5) is 0 Å². The molecule has 1 atom stereocenters. The molecular formula is C15H17BrN4S. The fourth-order valence-corrected chi connectivity index (χ4v) is 3.84. The second-order valence-electron chi connectivity index (χ2n) is 4.90. The summed E-state index contributed by atoms with van der Waals surface area (Å²) in [6, 6.07) is 4.34. The summed E-state index contributed by atoms with van der Waals surface area (Å²) in [5, 5.41) is 9.93. The smallest absolute Gasteiger partial charge is 0.0809 e. The van der Waals surface area contributed by atoms with E-state index in [1.165, 1.54) is 4.70 Å². The van der Waals surface area contributed by atoms with Crippen molar-refractivity contribution in [2.75, 3.05) is 7.05 Å². The van der Waals surface area contributed by atoms with Crippen LogP contribution >= 0.6 is 27.3 Å². The minimum absolute atomic E-state index is 0.0763. The molecule has 0 amide bonds. The Bertz CT molecular complexity index is 749. The first-order valence-corrected chi connectivity index (χ1v) is 8.63. The summed E-state index contributed by atoms with van der Waals surface area (Å²) in [5.41, 5.74) is 3.36. The summed E-state index contributed by atoms with van der Waals surface area (Å²) in [6.45, 7) is 3.07. The highest BCUT2D eigenvalue weighted by Crippen LogP contribution is 2.30. The van der Waals surface area contributed by atoms with E-state index in [4.69, 9.17) is 0 Å². The number of aryl methyl sites for hydroxylation is 1. The van der Waals surface area contributed by atoms with Crippen LogP contribution in [0.3, 0.4) is 0 Å². The summed E-state index contributed by atoms with van der Waals surface area (Å²) < 4.78 is 4.30. The first-order chi connectivity index (χ1) is 10.2. The molecule has 4 nitrogen and oxygen atoms in total. The Labute approximate surface area is 136 Å². The molecule has 0 aliphatic heterocycles. The van der Waals surface area contributed by atoms with Crippen molar-refractivity contribution in [2.45, 2.75) is 25.9 Å². The molecule has 0 fully saturated rings. The summed E-state index contributed by atoms with van der Waals surface area (Å²) >= 11 is 5.35. The zero-order valence-corrected chi connectivity index (χ0v) is 14.4. The van der Waals surface area contributed by atoms with Gasteiger partial charge in [-0.2, -0.15) is 5.10 Å². The second-order valence-corrected chi connectivity index (χ2v) is 6.70. The van der Waals surface area contributed by atoms with Gasteiger partial charge in [0, 0.05) is 12.7 Å². The van der Waals surface area contributed by atoms with E-state index in [1.54, 1.807) is 11.3 Å². The van der Waals surface area contributed by atoms with Crippen LogP contribution in [0.2, 0.25) is 0 Å². The van der Waals surface area contributed by atoms with Gasteiger partial charge in [0.15, 0.2) is 0 Å². The lowest BCUT2D eigenvalue weighted by Gasteiger charge is -2.19. The largest absolute Gasteiger partial charge is 0.308 e. The molecular weight excluding hydrogens is 348 g/mol. The van der Waals surface area contributed by atoms with E-state index in [0.717, 1.165) is 34.2 Å². The lowest BCUT2D eigenvalue weighted by molar-refractivity contribution is 0.533. The number of halogens is 1.